The van der Waals surface area contributed by atoms with Crippen molar-refractivity contribution in [2.75, 3.05) is 0 Å². The molecular weight excluding hydrogens is 166 g/mol. The molecule has 0 aromatic rings. The Morgan fingerprint density at radius 1 is 1.29 bits per heavy atom. The van der Waals surface area contributed by atoms with E-state index in [9.17, 15) is 4.11 Å². The minimum absolute atomic E-state index is 0. The molecule has 0 aliphatic rings. The van der Waals surface area contributed by atoms with Crippen LogP contribution in [0.5, 0.6) is 0 Å². The molecule has 7 heteroatoms. The number of halogens is 1. The Hall–Kier alpha value is 1.74. The molecule has 0 aliphatic carbocycles. The van der Waals surface area contributed by atoms with Crippen molar-refractivity contribution >= 4 is 9.14 Å². The summed E-state index contributed by atoms with van der Waals surface area (Å²) in [7, 11) is -5.11. The van der Waals surface area contributed by atoms with E-state index < -0.39 is 9.14 Å². The van der Waals surface area contributed by atoms with E-state index in [4.69, 9.17) is 14.4 Å². The molecule has 0 rings (SSSR count). The Labute approximate surface area is 79.8 Å². The summed E-state index contributed by atoms with van der Waals surface area (Å²) >= 11 is 0. The Balaban J connectivity index is -0.0000000267. The fraction of sp³-hybridized carbons (Fsp3) is 0. The normalized spacial score (nSPS) is 8.57. The summed E-state index contributed by atoms with van der Waals surface area (Å²) in [6, 6.07) is 0. The molecular formula is H4FNaO3SiTi. The van der Waals surface area contributed by atoms with Crippen LogP contribution < -0.4 is 29.6 Å². The van der Waals surface area contributed by atoms with Crippen molar-refractivity contribution in [2.24, 2.45) is 0 Å². The molecule has 7 heavy (non-hydrogen) atoms. The molecule has 0 radical (unpaired) electrons. The molecule has 0 aromatic carbocycles. The minimum Gasteiger partial charge on any atom is -1.00 e. The van der Waals surface area contributed by atoms with Crippen molar-refractivity contribution < 1.29 is 71.2 Å². The van der Waals surface area contributed by atoms with E-state index in [0.29, 0.717) is 0 Å². The first kappa shape index (κ1) is 15.9. The molecule has 3 N–H and O–H groups in total. The molecule has 0 saturated heterocycles. The molecule has 0 unspecified atom stereocenters. The average molecular weight is 170 g/mol. The van der Waals surface area contributed by atoms with Gasteiger partial charge in [-0.05, 0) is 0 Å². The third-order valence-electron chi connectivity index (χ3n) is 0. The molecule has 0 saturated carbocycles. The van der Waals surface area contributed by atoms with E-state index in [2.05, 4.69) is 0 Å². The second-order valence-corrected chi connectivity index (χ2v) is 1.66. The van der Waals surface area contributed by atoms with Crippen LogP contribution in [0, 0.1) is 0 Å². The summed E-state index contributed by atoms with van der Waals surface area (Å²) in [5.41, 5.74) is 0. The van der Waals surface area contributed by atoms with E-state index in [1.54, 1.807) is 0 Å². The zero-order valence-electron chi connectivity index (χ0n) is 4.72. The van der Waals surface area contributed by atoms with Crippen molar-refractivity contribution in [3.63, 3.8) is 0 Å². The quantitative estimate of drug-likeness (QED) is 0.253. The van der Waals surface area contributed by atoms with Gasteiger partial charge >= 0.3 is 38.7 Å². The van der Waals surface area contributed by atoms with Crippen LogP contribution in [0.15, 0.2) is 0 Å². The summed E-state index contributed by atoms with van der Waals surface area (Å²) in [5.74, 6) is 0. The van der Waals surface area contributed by atoms with Crippen molar-refractivity contribution in [1.82, 2.24) is 0 Å². The third-order valence-corrected chi connectivity index (χ3v) is 0. The maximum absolute atomic E-state index is 10.5. The topological polar surface area (TPSA) is 60.7 Å². The SMILES string of the molecule is O[Si](O)(O)F.[H-].[Na+].[Ti]. The van der Waals surface area contributed by atoms with Gasteiger partial charge in [0, 0.05) is 21.7 Å². The predicted molar refractivity (Wildman–Crippen MR) is 14.6 cm³/mol. The maximum atomic E-state index is 10.5. The van der Waals surface area contributed by atoms with Crippen molar-refractivity contribution in [1.29, 1.82) is 0 Å². The van der Waals surface area contributed by atoms with Crippen LogP contribution in [-0.4, -0.2) is 23.5 Å². The largest absolute Gasteiger partial charge is 1.00 e. The van der Waals surface area contributed by atoms with Gasteiger partial charge in [0.15, 0.2) is 0 Å². The van der Waals surface area contributed by atoms with Gasteiger partial charge in [-0.2, -0.15) is 0 Å². The first-order chi connectivity index (χ1) is 2.00. The van der Waals surface area contributed by atoms with Gasteiger partial charge in [0.05, 0.1) is 0 Å². The Bertz CT molecular complexity index is 34.8. The summed E-state index contributed by atoms with van der Waals surface area (Å²) in [6.07, 6.45) is 0. The van der Waals surface area contributed by atoms with Crippen LogP contribution >= 0.6 is 0 Å². The molecule has 0 bridgehead atoms. The summed E-state index contributed by atoms with van der Waals surface area (Å²) in [5, 5.41) is 0. The molecule has 0 atom stereocenters. The number of rotatable bonds is 0. The van der Waals surface area contributed by atoms with E-state index in [0.717, 1.165) is 0 Å². The maximum Gasteiger partial charge on any atom is 1.00 e. The van der Waals surface area contributed by atoms with Crippen molar-refractivity contribution in [2.45, 2.75) is 0 Å². The fourth-order valence-corrected chi connectivity index (χ4v) is 0. The van der Waals surface area contributed by atoms with Crippen LogP contribution in [0.4, 0.5) is 4.11 Å². The Morgan fingerprint density at radius 3 is 1.29 bits per heavy atom. The van der Waals surface area contributed by atoms with Gasteiger partial charge in [0.2, 0.25) is 0 Å². The molecule has 0 amide bonds. The molecule has 0 fully saturated rings. The summed E-state index contributed by atoms with van der Waals surface area (Å²) in [6.45, 7) is 0. The molecule has 0 spiro atoms. The van der Waals surface area contributed by atoms with Gasteiger partial charge in [-0.1, -0.05) is 0 Å². The van der Waals surface area contributed by atoms with Gasteiger partial charge in [-0.25, -0.2) is 4.11 Å². The molecule has 0 aromatic heterocycles. The molecule has 0 heterocycles. The van der Waals surface area contributed by atoms with Gasteiger partial charge in [-0.3, -0.25) is 0 Å². The summed E-state index contributed by atoms with van der Waals surface area (Å²) in [4.78, 5) is 21.3. The van der Waals surface area contributed by atoms with E-state index in [1.165, 1.54) is 0 Å². The first-order valence-electron chi connectivity index (χ1n) is 0.860. The zero-order chi connectivity index (χ0) is 4.50. The number of hydrogen-bond acceptors (Lipinski definition) is 3. The summed E-state index contributed by atoms with van der Waals surface area (Å²) < 4.78 is 10.5. The standard InChI is InChI=1S/FH3O3Si.Na.Ti.H/c1-5(2,3)4;;;/h2-4H;;;/q;+1;;-1. The third kappa shape index (κ3) is 84.2. The van der Waals surface area contributed by atoms with E-state index in [1.807, 2.05) is 0 Å². The van der Waals surface area contributed by atoms with Crippen LogP contribution in [-0.2, 0) is 21.7 Å². The Kier molecular flexibility index (Phi) is 13.3. The van der Waals surface area contributed by atoms with Crippen LogP contribution in [0.3, 0.4) is 0 Å². The van der Waals surface area contributed by atoms with Gasteiger partial charge in [-0.15, -0.1) is 0 Å². The van der Waals surface area contributed by atoms with Crippen LogP contribution in [0.2, 0.25) is 0 Å². The first-order valence-corrected chi connectivity index (χ1v) is 2.58. The van der Waals surface area contributed by atoms with Crippen LogP contribution in [0.1, 0.15) is 1.43 Å². The van der Waals surface area contributed by atoms with Crippen LogP contribution in [0.25, 0.3) is 0 Å². The average Bonchev–Trinajstić information content (AvgIpc) is 0.722. The van der Waals surface area contributed by atoms with Crippen molar-refractivity contribution in [3.05, 3.63) is 0 Å². The number of hydrogen-bond donors (Lipinski definition) is 3. The van der Waals surface area contributed by atoms with Gasteiger partial charge in [0.1, 0.15) is 0 Å². The van der Waals surface area contributed by atoms with Crippen molar-refractivity contribution in [3.8, 4) is 0 Å². The second kappa shape index (κ2) is 5.87. The van der Waals surface area contributed by atoms with E-state index in [-0.39, 0.29) is 52.7 Å². The van der Waals surface area contributed by atoms with E-state index >= 15 is 0 Å². The molecule has 0 aliphatic heterocycles. The minimum atomic E-state index is -5.11. The molecule has 38 valence electrons. The molecule has 3 nitrogen and oxygen atoms in total. The monoisotopic (exact) mass is 170 g/mol. The van der Waals surface area contributed by atoms with Gasteiger partial charge < -0.3 is 15.8 Å². The predicted octanol–water partition coefficient (Wildman–Crippen LogP) is -4.52. The second-order valence-electron chi connectivity index (χ2n) is 0.554. The fourth-order valence-electron chi connectivity index (χ4n) is 0. The van der Waals surface area contributed by atoms with Gasteiger partial charge in [0.25, 0.3) is 0 Å². The smallest absolute Gasteiger partial charge is 1.00 e. The zero-order valence-corrected chi connectivity index (χ0v) is 8.28. The Morgan fingerprint density at radius 2 is 1.29 bits per heavy atom.